The zero-order valence-electron chi connectivity index (χ0n) is 11.1. The number of nitrogens with zero attached hydrogens (tertiary/aromatic N) is 1. The van der Waals surface area contributed by atoms with Gasteiger partial charge in [0.1, 0.15) is 22.5 Å². The van der Waals surface area contributed by atoms with Crippen LogP contribution in [0.3, 0.4) is 0 Å². The highest BCUT2D eigenvalue weighted by Crippen LogP contribution is 2.34. The normalized spacial score (nSPS) is 17.3. The van der Waals surface area contributed by atoms with E-state index in [1.165, 1.54) is 11.1 Å². The van der Waals surface area contributed by atoms with E-state index in [-0.39, 0.29) is 11.1 Å². The largest absolute Gasteiger partial charge is 0.483 e. The Balaban J connectivity index is 1.92. The van der Waals surface area contributed by atoms with Gasteiger partial charge in [-0.15, -0.1) is 0 Å². The second-order valence-electron chi connectivity index (χ2n) is 4.91. The Bertz CT molecular complexity index is 642. The van der Waals surface area contributed by atoms with Crippen LogP contribution in [-0.2, 0) is 6.42 Å². The van der Waals surface area contributed by atoms with Crippen LogP contribution in [0.5, 0.6) is 5.75 Å². The molecule has 0 aliphatic heterocycles. The van der Waals surface area contributed by atoms with Crippen LogP contribution in [0.1, 0.15) is 35.8 Å². The second-order valence-corrected chi connectivity index (χ2v) is 5.35. The van der Waals surface area contributed by atoms with Crippen LogP contribution in [0.4, 0.5) is 0 Å². The van der Waals surface area contributed by atoms with Gasteiger partial charge in [-0.3, -0.25) is 0 Å². The maximum Gasteiger partial charge on any atom is 0.148 e. The van der Waals surface area contributed by atoms with Crippen molar-refractivity contribution in [1.29, 1.82) is 0 Å². The molecule has 1 aromatic carbocycles. The average molecular weight is 284 g/mol. The smallest absolute Gasteiger partial charge is 0.148 e. The first-order valence-corrected chi connectivity index (χ1v) is 7.16. The van der Waals surface area contributed by atoms with E-state index >= 15 is 0 Å². The summed E-state index contributed by atoms with van der Waals surface area (Å²) in [5.74, 6) is 0.668. The maximum absolute atomic E-state index is 6.14. The van der Waals surface area contributed by atoms with Gasteiger partial charge in [0.15, 0.2) is 0 Å². The lowest BCUT2D eigenvalue weighted by molar-refractivity contribution is 0.182. The molecule has 0 amide bonds. The Kier molecular flexibility index (Phi) is 3.65. The molecule has 1 aliphatic rings. The molecular weight excluding hydrogens is 268 g/mol. The van der Waals surface area contributed by atoms with Gasteiger partial charge in [-0.25, -0.2) is 4.98 Å². The highest BCUT2D eigenvalue weighted by atomic mass is 32.1. The molecule has 3 rings (SSSR count). The standard InChI is InChI=1S/C16H16N2OS/c17-16(20)15-14(9-4-10-18-15)19-13-8-3-6-11-5-1-2-7-12(11)13/h1-2,4-5,7,9-10,13H,3,6,8H2,(H2,17,20). The van der Waals surface area contributed by atoms with Gasteiger partial charge in [0.2, 0.25) is 0 Å². The number of hydrogen-bond acceptors (Lipinski definition) is 3. The first kappa shape index (κ1) is 13.1. The zero-order valence-corrected chi connectivity index (χ0v) is 11.9. The number of rotatable bonds is 3. The highest BCUT2D eigenvalue weighted by Gasteiger charge is 2.22. The van der Waals surface area contributed by atoms with E-state index in [0.717, 1.165) is 19.3 Å². The van der Waals surface area contributed by atoms with Gasteiger partial charge in [-0.05, 0) is 42.5 Å². The van der Waals surface area contributed by atoms with E-state index in [1.54, 1.807) is 6.20 Å². The number of aryl methyl sites for hydroxylation is 1. The van der Waals surface area contributed by atoms with Crippen molar-refractivity contribution in [2.45, 2.75) is 25.4 Å². The van der Waals surface area contributed by atoms with Crippen molar-refractivity contribution < 1.29 is 4.74 Å². The number of thiocarbonyl (C=S) groups is 1. The molecule has 4 heteroatoms. The van der Waals surface area contributed by atoms with Crippen LogP contribution in [0.15, 0.2) is 42.6 Å². The SMILES string of the molecule is NC(=S)c1ncccc1OC1CCCc2ccccc21. The van der Waals surface area contributed by atoms with E-state index in [9.17, 15) is 0 Å². The van der Waals surface area contributed by atoms with E-state index in [2.05, 4.69) is 29.2 Å². The van der Waals surface area contributed by atoms with Crippen molar-refractivity contribution in [2.75, 3.05) is 0 Å². The second kappa shape index (κ2) is 5.59. The first-order valence-electron chi connectivity index (χ1n) is 6.75. The molecule has 1 heterocycles. The van der Waals surface area contributed by atoms with Crippen molar-refractivity contribution in [3.05, 3.63) is 59.4 Å². The highest BCUT2D eigenvalue weighted by molar-refractivity contribution is 7.80. The molecule has 0 spiro atoms. The summed E-state index contributed by atoms with van der Waals surface area (Å²) in [6, 6.07) is 12.1. The minimum atomic E-state index is 0.0530. The lowest BCUT2D eigenvalue weighted by Crippen LogP contribution is -2.18. The van der Waals surface area contributed by atoms with Gasteiger partial charge in [0.25, 0.3) is 0 Å². The summed E-state index contributed by atoms with van der Waals surface area (Å²) in [7, 11) is 0. The minimum Gasteiger partial charge on any atom is -0.483 e. The van der Waals surface area contributed by atoms with E-state index in [4.69, 9.17) is 22.7 Å². The topological polar surface area (TPSA) is 48.1 Å². The Hall–Kier alpha value is -1.94. The summed E-state index contributed by atoms with van der Waals surface area (Å²) in [5.41, 5.74) is 8.89. The minimum absolute atomic E-state index is 0.0530. The summed E-state index contributed by atoms with van der Waals surface area (Å²) >= 11 is 5.03. The lowest BCUT2D eigenvalue weighted by Gasteiger charge is -2.26. The third kappa shape index (κ3) is 2.51. The number of pyridine rings is 1. The van der Waals surface area contributed by atoms with Crippen LogP contribution >= 0.6 is 12.2 Å². The summed E-state index contributed by atoms with van der Waals surface area (Å²) in [6.45, 7) is 0. The van der Waals surface area contributed by atoms with Gasteiger partial charge < -0.3 is 10.5 Å². The number of nitrogens with two attached hydrogens (primary N) is 1. The molecule has 1 aromatic heterocycles. The predicted octanol–water partition coefficient (Wildman–Crippen LogP) is 3.17. The number of aromatic nitrogens is 1. The Morgan fingerprint density at radius 3 is 2.95 bits per heavy atom. The zero-order chi connectivity index (χ0) is 13.9. The van der Waals surface area contributed by atoms with Crippen LogP contribution in [-0.4, -0.2) is 9.97 Å². The first-order chi connectivity index (χ1) is 9.75. The third-order valence-electron chi connectivity index (χ3n) is 3.59. The Morgan fingerprint density at radius 2 is 2.10 bits per heavy atom. The third-order valence-corrected chi connectivity index (χ3v) is 3.78. The quantitative estimate of drug-likeness (QED) is 0.879. The summed E-state index contributed by atoms with van der Waals surface area (Å²) < 4.78 is 6.14. The molecule has 1 unspecified atom stereocenters. The Morgan fingerprint density at radius 1 is 1.25 bits per heavy atom. The number of benzene rings is 1. The fraction of sp³-hybridized carbons (Fsp3) is 0.250. The molecule has 2 N–H and O–H groups in total. The fourth-order valence-electron chi connectivity index (χ4n) is 2.66. The van der Waals surface area contributed by atoms with Crippen LogP contribution in [0.25, 0.3) is 0 Å². The van der Waals surface area contributed by atoms with Gasteiger partial charge in [-0.2, -0.15) is 0 Å². The molecule has 0 radical (unpaired) electrons. The Labute approximate surface area is 123 Å². The molecule has 0 saturated heterocycles. The number of hydrogen-bond donors (Lipinski definition) is 1. The monoisotopic (exact) mass is 284 g/mol. The summed E-state index contributed by atoms with van der Waals surface area (Å²) in [4.78, 5) is 4.48. The van der Waals surface area contributed by atoms with Crippen molar-refractivity contribution in [2.24, 2.45) is 5.73 Å². The van der Waals surface area contributed by atoms with Gasteiger partial charge in [-0.1, -0.05) is 36.5 Å². The molecule has 102 valence electrons. The summed E-state index contributed by atoms with van der Waals surface area (Å²) in [5, 5.41) is 0. The molecule has 3 nitrogen and oxygen atoms in total. The van der Waals surface area contributed by atoms with Crippen molar-refractivity contribution >= 4 is 17.2 Å². The lowest BCUT2D eigenvalue weighted by atomic mass is 9.89. The van der Waals surface area contributed by atoms with Crippen LogP contribution in [0, 0.1) is 0 Å². The molecule has 20 heavy (non-hydrogen) atoms. The number of ether oxygens (including phenoxy) is 1. The van der Waals surface area contributed by atoms with Gasteiger partial charge in [0.05, 0.1) is 0 Å². The van der Waals surface area contributed by atoms with E-state index in [1.807, 2.05) is 12.1 Å². The fourth-order valence-corrected chi connectivity index (χ4v) is 2.81. The van der Waals surface area contributed by atoms with Crippen molar-refractivity contribution in [3.8, 4) is 5.75 Å². The maximum atomic E-state index is 6.14. The van der Waals surface area contributed by atoms with E-state index in [0.29, 0.717) is 11.4 Å². The molecule has 0 saturated carbocycles. The molecule has 0 fully saturated rings. The number of fused-ring (bicyclic) bond motifs is 1. The van der Waals surface area contributed by atoms with Gasteiger partial charge >= 0.3 is 0 Å². The molecule has 1 atom stereocenters. The molecule has 0 bridgehead atoms. The summed E-state index contributed by atoms with van der Waals surface area (Å²) in [6.07, 6.45) is 4.98. The van der Waals surface area contributed by atoms with Crippen LogP contribution in [0.2, 0.25) is 0 Å². The van der Waals surface area contributed by atoms with Crippen molar-refractivity contribution in [1.82, 2.24) is 4.98 Å². The van der Waals surface area contributed by atoms with Crippen molar-refractivity contribution in [3.63, 3.8) is 0 Å². The van der Waals surface area contributed by atoms with Crippen LogP contribution < -0.4 is 10.5 Å². The predicted molar refractivity (Wildman–Crippen MR) is 82.9 cm³/mol. The van der Waals surface area contributed by atoms with Gasteiger partial charge in [0, 0.05) is 6.20 Å². The molecule has 2 aromatic rings. The molecular formula is C16H16N2OS. The average Bonchev–Trinajstić information content (AvgIpc) is 2.48. The van der Waals surface area contributed by atoms with E-state index < -0.39 is 0 Å². The molecule has 1 aliphatic carbocycles.